The third-order valence-corrected chi connectivity index (χ3v) is 4.99. The van der Waals surface area contributed by atoms with E-state index in [0.29, 0.717) is 18.2 Å². The predicted molar refractivity (Wildman–Crippen MR) is 108 cm³/mol. The van der Waals surface area contributed by atoms with Gasteiger partial charge < -0.3 is 14.8 Å². The zero-order valence-electron chi connectivity index (χ0n) is 15.0. The third kappa shape index (κ3) is 4.51. The zero-order chi connectivity index (χ0) is 18.5. The Kier molecular flexibility index (Phi) is 5.73. The number of hydrogen-bond acceptors (Lipinski definition) is 3. The molecule has 0 saturated heterocycles. The number of nitrogens with one attached hydrogen (secondary N) is 1. The average Bonchev–Trinajstić information content (AvgIpc) is 2.72. The lowest BCUT2D eigenvalue weighted by molar-refractivity contribution is -0.0171. The SMILES string of the molecule is Clc1cc(CNC(Cc2ccccc2)c2ccccc2)c2c(c1)COCO2. The van der Waals surface area contributed by atoms with Gasteiger partial charge in [-0.1, -0.05) is 72.3 Å². The molecule has 1 unspecified atom stereocenters. The summed E-state index contributed by atoms with van der Waals surface area (Å²) in [5.41, 5.74) is 4.64. The van der Waals surface area contributed by atoms with Crippen molar-refractivity contribution in [1.29, 1.82) is 0 Å². The summed E-state index contributed by atoms with van der Waals surface area (Å²) in [6, 6.07) is 25.2. The van der Waals surface area contributed by atoms with Crippen molar-refractivity contribution in [2.45, 2.75) is 25.6 Å². The molecule has 0 radical (unpaired) electrons. The lowest BCUT2D eigenvalue weighted by Gasteiger charge is -2.24. The van der Waals surface area contributed by atoms with Crippen LogP contribution >= 0.6 is 11.6 Å². The van der Waals surface area contributed by atoms with Crippen LogP contribution in [-0.4, -0.2) is 6.79 Å². The van der Waals surface area contributed by atoms with E-state index in [2.05, 4.69) is 53.8 Å². The van der Waals surface area contributed by atoms with Gasteiger partial charge in [0.15, 0.2) is 6.79 Å². The lowest BCUT2D eigenvalue weighted by Crippen LogP contribution is -2.24. The Morgan fingerprint density at radius 3 is 2.48 bits per heavy atom. The van der Waals surface area contributed by atoms with Crippen molar-refractivity contribution >= 4 is 11.6 Å². The predicted octanol–water partition coefficient (Wildman–Crippen LogP) is 5.28. The highest BCUT2D eigenvalue weighted by atomic mass is 35.5. The van der Waals surface area contributed by atoms with Crippen molar-refractivity contribution in [2.75, 3.05) is 6.79 Å². The van der Waals surface area contributed by atoms with Crippen LogP contribution in [0.15, 0.2) is 72.8 Å². The van der Waals surface area contributed by atoms with E-state index in [1.807, 2.05) is 24.3 Å². The highest BCUT2D eigenvalue weighted by molar-refractivity contribution is 6.30. The van der Waals surface area contributed by atoms with Gasteiger partial charge in [-0.25, -0.2) is 0 Å². The molecule has 1 atom stereocenters. The van der Waals surface area contributed by atoms with Crippen LogP contribution in [0.2, 0.25) is 5.02 Å². The molecule has 1 heterocycles. The fraction of sp³-hybridized carbons (Fsp3) is 0.217. The smallest absolute Gasteiger partial charge is 0.189 e. The van der Waals surface area contributed by atoms with Gasteiger partial charge in [-0.15, -0.1) is 0 Å². The van der Waals surface area contributed by atoms with E-state index in [-0.39, 0.29) is 12.8 Å². The molecular formula is C23H22ClNO2. The van der Waals surface area contributed by atoms with E-state index in [9.17, 15) is 0 Å². The largest absolute Gasteiger partial charge is 0.467 e. The normalized spacial score (nSPS) is 14.3. The molecule has 0 spiro atoms. The second-order valence-electron chi connectivity index (χ2n) is 6.70. The quantitative estimate of drug-likeness (QED) is 0.632. The minimum absolute atomic E-state index is 0.197. The number of hydrogen-bond donors (Lipinski definition) is 1. The third-order valence-electron chi connectivity index (χ3n) is 4.78. The minimum Gasteiger partial charge on any atom is -0.467 e. The molecule has 0 amide bonds. The fourth-order valence-corrected chi connectivity index (χ4v) is 3.73. The van der Waals surface area contributed by atoms with Crippen LogP contribution in [-0.2, 0) is 24.3 Å². The van der Waals surface area contributed by atoms with Crippen molar-refractivity contribution in [2.24, 2.45) is 0 Å². The van der Waals surface area contributed by atoms with Crippen LogP contribution < -0.4 is 10.1 Å². The summed E-state index contributed by atoms with van der Waals surface area (Å²) in [5, 5.41) is 4.41. The molecule has 0 fully saturated rings. The molecule has 0 aromatic heterocycles. The van der Waals surface area contributed by atoms with E-state index in [1.165, 1.54) is 11.1 Å². The van der Waals surface area contributed by atoms with Gasteiger partial charge in [-0.3, -0.25) is 0 Å². The molecule has 1 aliphatic heterocycles. The van der Waals surface area contributed by atoms with E-state index in [4.69, 9.17) is 21.1 Å². The molecule has 3 aromatic carbocycles. The molecule has 27 heavy (non-hydrogen) atoms. The molecule has 3 nitrogen and oxygen atoms in total. The molecular weight excluding hydrogens is 358 g/mol. The molecule has 138 valence electrons. The first-order valence-corrected chi connectivity index (χ1v) is 9.51. The highest BCUT2D eigenvalue weighted by Gasteiger charge is 2.18. The van der Waals surface area contributed by atoms with Crippen molar-refractivity contribution in [1.82, 2.24) is 5.32 Å². The van der Waals surface area contributed by atoms with E-state index < -0.39 is 0 Å². The molecule has 4 heteroatoms. The Labute approximate surface area is 164 Å². The van der Waals surface area contributed by atoms with Crippen LogP contribution in [0.1, 0.15) is 28.3 Å². The first-order chi connectivity index (χ1) is 13.3. The first kappa shape index (κ1) is 18.1. The maximum atomic E-state index is 6.31. The molecule has 1 aliphatic rings. The van der Waals surface area contributed by atoms with Crippen LogP contribution in [0.5, 0.6) is 5.75 Å². The van der Waals surface area contributed by atoms with Crippen molar-refractivity contribution in [3.05, 3.63) is 100 Å². The van der Waals surface area contributed by atoms with Gasteiger partial charge in [0.25, 0.3) is 0 Å². The Balaban J connectivity index is 1.56. The van der Waals surface area contributed by atoms with Crippen molar-refractivity contribution in [3.8, 4) is 5.75 Å². The Morgan fingerprint density at radius 2 is 1.70 bits per heavy atom. The molecule has 3 aromatic rings. The standard InChI is InChI=1S/C23H22ClNO2/c24-21-12-19(23-20(13-21)15-26-16-27-23)14-25-22(18-9-5-2-6-10-18)11-17-7-3-1-4-8-17/h1-10,12-13,22,25H,11,14-16H2. The summed E-state index contributed by atoms with van der Waals surface area (Å²) < 4.78 is 11.1. The van der Waals surface area contributed by atoms with Gasteiger partial charge in [-0.2, -0.15) is 0 Å². The molecule has 4 rings (SSSR count). The zero-order valence-corrected chi connectivity index (χ0v) is 15.8. The monoisotopic (exact) mass is 379 g/mol. The Bertz CT molecular complexity index is 884. The summed E-state index contributed by atoms with van der Waals surface area (Å²) in [6.07, 6.45) is 0.914. The summed E-state index contributed by atoms with van der Waals surface area (Å²) in [7, 11) is 0. The Hall–Kier alpha value is -2.33. The van der Waals surface area contributed by atoms with Crippen LogP contribution in [0, 0.1) is 0 Å². The number of fused-ring (bicyclic) bond motifs is 1. The summed E-state index contributed by atoms with van der Waals surface area (Å²) in [4.78, 5) is 0. The van der Waals surface area contributed by atoms with Gasteiger partial charge in [-0.05, 0) is 29.7 Å². The van der Waals surface area contributed by atoms with Crippen LogP contribution in [0.3, 0.4) is 0 Å². The second-order valence-corrected chi connectivity index (χ2v) is 7.13. The van der Waals surface area contributed by atoms with Crippen LogP contribution in [0.25, 0.3) is 0 Å². The first-order valence-electron chi connectivity index (χ1n) is 9.14. The van der Waals surface area contributed by atoms with E-state index in [0.717, 1.165) is 23.3 Å². The number of ether oxygens (including phenoxy) is 2. The van der Waals surface area contributed by atoms with Gasteiger partial charge in [0.2, 0.25) is 0 Å². The van der Waals surface area contributed by atoms with Gasteiger partial charge in [0.05, 0.1) is 6.61 Å². The van der Waals surface area contributed by atoms with Gasteiger partial charge in [0.1, 0.15) is 5.75 Å². The van der Waals surface area contributed by atoms with E-state index >= 15 is 0 Å². The number of rotatable bonds is 6. The van der Waals surface area contributed by atoms with Crippen molar-refractivity contribution < 1.29 is 9.47 Å². The Morgan fingerprint density at radius 1 is 0.963 bits per heavy atom. The highest BCUT2D eigenvalue weighted by Crippen LogP contribution is 2.32. The molecule has 0 saturated carbocycles. The minimum atomic E-state index is 0.197. The lowest BCUT2D eigenvalue weighted by atomic mass is 9.98. The van der Waals surface area contributed by atoms with Gasteiger partial charge in [0, 0.05) is 28.7 Å². The van der Waals surface area contributed by atoms with Crippen molar-refractivity contribution in [3.63, 3.8) is 0 Å². The summed E-state index contributed by atoms with van der Waals surface area (Å²) in [5.74, 6) is 0.893. The summed E-state index contributed by atoms with van der Waals surface area (Å²) in [6.45, 7) is 1.50. The van der Waals surface area contributed by atoms with Crippen LogP contribution in [0.4, 0.5) is 0 Å². The second kappa shape index (κ2) is 8.57. The number of benzene rings is 3. The molecule has 0 bridgehead atoms. The molecule has 1 N–H and O–H groups in total. The van der Waals surface area contributed by atoms with Gasteiger partial charge >= 0.3 is 0 Å². The maximum absolute atomic E-state index is 6.31. The maximum Gasteiger partial charge on any atom is 0.189 e. The number of halogens is 1. The molecule has 0 aliphatic carbocycles. The summed E-state index contributed by atoms with van der Waals surface area (Å²) >= 11 is 6.31. The average molecular weight is 380 g/mol. The fourth-order valence-electron chi connectivity index (χ4n) is 3.46. The topological polar surface area (TPSA) is 30.5 Å². The van der Waals surface area contributed by atoms with E-state index in [1.54, 1.807) is 0 Å².